The van der Waals surface area contributed by atoms with Crippen molar-refractivity contribution >= 4 is 38.9 Å². The van der Waals surface area contributed by atoms with Crippen LogP contribution >= 0.6 is 15.9 Å². The van der Waals surface area contributed by atoms with Gasteiger partial charge >= 0.3 is 0 Å². The number of hydrogen-bond donors (Lipinski definition) is 2. The number of nitro groups is 1. The van der Waals surface area contributed by atoms with Crippen molar-refractivity contribution in [1.82, 2.24) is 0 Å². The minimum atomic E-state index is -0.557. The highest BCUT2D eigenvalue weighted by Gasteiger charge is 2.14. The van der Waals surface area contributed by atoms with Crippen molar-refractivity contribution < 1.29 is 9.72 Å². The summed E-state index contributed by atoms with van der Waals surface area (Å²) in [7, 11) is 0. The van der Waals surface area contributed by atoms with Gasteiger partial charge < -0.3 is 11.1 Å². The van der Waals surface area contributed by atoms with Gasteiger partial charge in [-0.2, -0.15) is 0 Å². The van der Waals surface area contributed by atoms with Crippen molar-refractivity contribution in [2.75, 3.05) is 11.1 Å². The van der Waals surface area contributed by atoms with Crippen molar-refractivity contribution in [2.24, 2.45) is 0 Å². The molecule has 0 aromatic heterocycles. The van der Waals surface area contributed by atoms with Gasteiger partial charge in [0.15, 0.2) is 0 Å². The van der Waals surface area contributed by atoms with Crippen LogP contribution in [0.3, 0.4) is 0 Å². The number of nitrogen functional groups attached to an aromatic ring is 1. The summed E-state index contributed by atoms with van der Waals surface area (Å²) < 4.78 is 0.456. The Hall–Kier alpha value is -2.41. The van der Waals surface area contributed by atoms with Gasteiger partial charge in [0.1, 0.15) is 0 Å². The van der Waals surface area contributed by atoms with Crippen LogP contribution in [0.5, 0.6) is 0 Å². The molecular formula is C13H10BrN3O3. The average Bonchev–Trinajstić information content (AvgIpc) is 2.40. The lowest BCUT2D eigenvalue weighted by Gasteiger charge is -2.08. The third kappa shape index (κ3) is 3.12. The molecule has 0 aliphatic carbocycles. The van der Waals surface area contributed by atoms with Crippen LogP contribution in [0.1, 0.15) is 10.4 Å². The SMILES string of the molecule is Nc1ccccc1NC(=O)c1cc(Br)cc([N+](=O)[O-])c1. The second-order valence-electron chi connectivity index (χ2n) is 4.00. The van der Waals surface area contributed by atoms with Crippen LogP contribution in [0.2, 0.25) is 0 Å². The molecule has 0 bridgehead atoms. The van der Waals surface area contributed by atoms with Crippen molar-refractivity contribution in [2.45, 2.75) is 0 Å². The summed E-state index contributed by atoms with van der Waals surface area (Å²) in [6.45, 7) is 0. The van der Waals surface area contributed by atoms with Gasteiger partial charge in [-0.15, -0.1) is 0 Å². The summed E-state index contributed by atoms with van der Waals surface area (Å²) in [5.41, 5.74) is 6.62. The highest BCUT2D eigenvalue weighted by molar-refractivity contribution is 9.10. The van der Waals surface area contributed by atoms with E-state index in [-0.39, 0.29) is 11.3 Å². The molecule has 20 heavy (non-hydrogen) atoms. The fraction of sp³-hybridized carbons (Fsp3) is 0. The lowest BCUT2D eigenvalue weighted by Crippen LogP contribution is -2.13. The molecule has 3 N–H and O–H groups in total. The van der Waals surface area contributed by atoms with E-state index in [4.69, 9.17) is 5.73 Å². The normalized spacial score (nSPS) is 10.1. The number of benzene rings is 2. The van der Waals surface area contributed by atoms with Crippen LogP contribution in [-0.4, -0.2) is 10.8 Å². The number of nitro benzene ring substituents is 1. The molecule has 0 aliphatic rings. The smallest absolute Gasteiger partial charge is 0.271 e. The van der Waals surface area contributed by atoms with Crippen LogP contribution < -0.4 is 11.1 Å². The summed E-state index contributed by atoms with van der Waals surface area (Å²) in [6, 6.07) is 10.8. The topological polar surface area (TPSA) is 98.3 Å². The fourth-order valence-electron chi connectivity index (χ4n) is 1.62. The number of nitrogens with two attached hydrogens (primary N) is 1. The summed E-state index contributed by atoms with van der Waals surface area (Å²) in [5, 5.41) is 13.4. The molecule has 102 valence electrons. The van der Waals surface area contributed by atoms with Gasteiger partial charge in [-0.25, -0.2) is 0 Å². The zero-order valence-electron chi connectivity index (χ0n) is 10.2. The molecule has 0 heterocycles. The summed E-state index contributed by atoms with van der Waals surface area (Å²) in [4.78, 5) is 22.3. The van der Waals surface area contributed by atoms with Crippen LogP contribution in [0.25, 0.3) is 0 Å². The molecular weight excluding hydrogens is 326 g/mol. The third-order valence-corrected chi connectivity index (χ3v) is 3.02. The second-order valence-corrected chi connectivity index (χ2v) is 4.91. The molecule has 0 unspecified atom stereocenters. The zero-order chi connectivity index (χ0) is 14.7. The summed E-state index contributed by atoms with van der Waals surface area (Å²) in [5.74, 6) is -0.465. The average molecular weight is 336 g/mol. The number of rotatable bonds is 3. The van der Waals surface area contributed by atoms with Gasteiger partial charge in [0, 0.05) is 22.2 Å². The fourth-order valence-corrected chi connectivity index (χ4v) is 2.10. The van der Waals surface area contributed by atoms with Crippen LogP contribution in [0.4, 0.5) is 17.1 Å². The molecule has 1 amide bonds. The Bertz CT molecular complexity index is 688. The number of nitrogens with zero attached hydrogens (tertiary/aromatic N) is 1. The lowest BCUT2D eigenvalue weighted by molar-refractivity contribution is -0.384. The van der Waals surface area contributed by atoms with Crippen LogP contribution in [-0.2, 0) is 0 Å². The lowest BCUT2D eigenvalue weighted by atomic mass is 10.2. The van der Waals surface area contributed by atoms with Crippen LogP contribution in [0, 0.1) is 10.1 Å². The minimum Gasteiger partial charge on any atom is -0.397 e. The predicted octanol–water partition coefficient (Wildman–Crippen LogP) is 3.19. The highest BCUT2D eigenvalue weighted by Crippen LogP contribution is 2.23. The summed E-state index contributed by atoms with van der Waals surface area (Å²) in [6.07, 6.45) is 0. The zero-order valence-corrected chi connectivity index (χ0v) is 11.8. The van der Waals surface area contributed by atoms with E-state index in [9.17, 15) is 14.9 Å². The van der Waals surface area contributed by atoms with Gasteiger partial charge in [0.05, 0.1) is 16.3 Å². The minimum absolute atomic E-state index is 0.162. The maximum atomic E-state index is 12.1. The number of hydrogen-bond acceptors (Lipinski definition) is 4. The Morgan fingerprint density at radius 2 is 1.95 bits per heavy atom. The van der Waals surface area contributed by atoms with Gasteiger partial charge in [-0.1, -0.05) is 28.1 Å². The molecule has 0 radical (unpaired) electrons. The number of carbonyl (C=O) groups excluding carboxylic acids is 1. The molecule has 6 nitrogen and oxygen atoms in total. The number of amides is 1. The first-order chi connectivity index (χ1) is 9.47. The molecule has 2 rings (SSSR count). The maximum absolute atomic E-state index is 12.1. The monoisotopic (exact) mass is 335 g/mol. The largest absolute Gasteiger partial charge is 0.397 e. The molecule has 0 fully saturated rings. The first-order valence-electron chi connectivity index (χ1n) is 5.58. The number of carbonyl (C=O) groups is 1. The van der Waals surface area contributed by atoms with Crippen molar-refractivity contribution in [1.29, 1.82) is 0 Å². The van der Waals surface area contributed by atoms with Gasteiger partial charge in [-0.05, 0) is 18.2 Å². The van der Waals surface area contributed by atoms with E-state index in [0.29, 0.717) is 15.8 Å². The third-order valence-electron chi connectivity index (χ3n) is 2.56. The Labute approximate surface area is 122 Å². The quantitative estimate of drug-likeness (QED) is 0.511. The molecule has 2 aromatic rings. The van der Waals surface area contributed by atoms with E-state index in [0.717, 1.165) is 0 Å². The summed E-state index contributed by atoms with van der Waals surface area (Å²) >= 11 is 3.14. The number of para-hydroxylation sites is 2. The molecule has 0 atom stereocenters. The van der Waals surface area contributed by atoms with E-state index in [1.807, 2.05) is 0 Å². The molecule has 2 aromatic carbocycles. The van der Waals surface area contributed by atoms with E-state index >= 15 is 0 Å². The molecule has 0 aliphatic heterocycles. The second kappa shape index (κ2) is 5.70. The molecule has 0 saturated heterocycles. The van der Waals surface area contributed by atoms with Gasteiger partial charge in [0.25, 0.3) is 11.6 Å². The Balaban J connectivity index is 2.30. The highest BCUT2D eigenvalue weighted by atomic mass is 79.9. The number of non-ortho nitro benzene ring substituents is 1. The van der Waals surface area contributed by atoms with Gasteiger partial charge in [0.2, 0.25) is 0 Å². The Kier molecular flexibility index (Phi) is 3.99. The van der Waals surface area contributed by atoms with E-state index in [1.54, 1.807) is 24.3 Å². The molecule has 0 spiro atoms. The molecule has 7 heteroatoms. The first kappa shape index (κ1) is 14.0. The van der Waals surface area contributed by atoms with Crippen LogP contribution in [0.15, 0.2) is 46.9 Å². The number of nitrogens with one attached hydrogen (secondary N) is 1. The van der Waals surface area contributed by atoms with Gasteiger partial charge in [-0.3, -0.25) is 14.9 Å². The molecule has 0 saturated carbocycles. The maximum Gasteiger partial charge on any atom is 0.271 e. The van der Waals surface area contributed by atoms with Crippen molar-refractivity contribution in [3.63, 3.8) is 0 Å². The number of anilines is 2. The van der Waals surface area contributed by atoms with E-state index in [2.05, 4.69) is 21.2 Å². The van der Waals surface area contributed by atoms with Crippen molar-refractivity contribution in [3.8, 4) is 0 Å². The Morgan fingerprint density at radius 1 is 1.25 bits per heavy atom. The predicted molar refractivity (Wildman–Crippen MR) is 79.6 cm³/mol. The van der Waals surface area contributed by atoms with E-state index in [1.165, 1.54) is 18.2 Å². The first-order valence-corrected chi connectivity index (χ1v) is 6.37. The van der Waals surface area contributed by atoms with E-state index < -0.39 is 10.8 Å². The standard InChI is InChI=1S/C13H10BrN3O3/c14-9-5-8(6-10(7-9)17(19)20)13(18)16-12-4-2-1-3-11(12)15/h1-7H,15H2,(H,16,18). The van der Waals surface area contributed by atoms with Crippen molar-refractivity contribution in [3.05, 3.63) is 62.6 Å². The number of halogens is 1. The Morgan fingerprint density at radius 3 is 2.60 bits per heavy atom.